The highest BCUT2D eigenvalue weighted by Crippen LogP contribution is 2.40. The summed E-state index contributed by atoms with van der Waals surface area (Å²) < 4.78 is 5.12. The summed E-state index contributed by atoms with van der Waals surface area (Å²) in [6.07, 6.45) is -0.579. The van der Waals surface area contributed by atoms with Crippen molar-refractivity contribution in [2.75, 3.05) is 0 Å². The Morgan fingerprint density at radius 1 is 1.22 bits per heavy atom. The SMILES string of the molecule is CCC(c1ccc2cc(CO)ccc2c1)C(C)(C)C(=O)OC(C)O[N+](=O)[O-]. The molecule has 0 heterocycles. The van der Waals surface area contributed by atoms with Crippen molar-refractivity contribution in [3.05, 3.63) is 57.6 Å². The highest BCUT2D eigenvalue weighted by molar-refractivity contribution is 5.84. The van der Waals surface area contributed by atoms with Crippen molar-refractivity contribution in [1.29, 1.82) is 0 Å². The van der Waals surface area contributed by atoms with Crippen LogP contribution in [0.15, 0.2) is 36.4 Å². The molecule has 0 saturated heterocycles. The predicted molar refractivity (Wildman–Crippen MR) is 100 cm³/mol. The third kappa shape index (κ3) is 4.74. The summed E-state index contributed by atoms with van der Waals surface area (Å²) in [6, 6.07) is 11.7. The van der Waals surface area contributed by atoms with Crippen molar-refractivity contribution < 1.29 is 24.6 Å². The molecule has 7 heteroatoms. The minimum absolute atomic E-state index is 0.0153. The summed E-state index contributed by atoms with van der Waals surface area (Å²) in [6.45, 7) is 6.81. The van der Waals surface area contributed by atoms with Crippen molar-refractivity contribution in [2.24, 2.45) is 5.41 Å². The van der Waals surface area contributed by atoms with E-state index in [-0.39, 0.29) is 12.5 Å². The molecule has 0 bridgehead atoms. The Hall–Kier alpha value is -2.67. The van der Waals surface area contributed by atoms with E-state index in [0.717, 1.165) is 21.9 Å². The van der Waals surface area contributed by atoms with Crippen LogP contribution in [0, 0.1) is 15.5 Å². The van der Waals surface area contributed by atoms with Crippen LogP contribution in [0.2, 0.25) is 0 Å². The van der Waals surface area contributed by atoms with Crippen LogP contribution < -0.4 is 0 Å². The van der Waals surface area contributed by atoms with Gasteiger partial charge in [0.05, 0.1) is 12.0 Å². The fourth-order valence-electron chi connectivity index (χ4n) is 3.38. The van der Waals surface area contributed by atoms with E-state index in [1.165, 1.54) is 6.92 Å². The molecule has 7 nitrogen and oxygen atoms in total. The fourth-order valence-corrected chi connectivity index (χ4v) is 3.38. The van der Waals surface area contributed by atoms with Crippen LogP contribution in [0.25, 0.3) is 10.8 Å². The number of aliphatic hydroxyl groups is 1. The van der Waals surface area contributed by atoms with Crippen LogP contribution in [0.1, 0.15) is 51.2 Å². The lowest BCUT2D eigenvalue weighted by Crippen LogP contribution is -2.36. The number of rotatable bonds is 8. The average molecular weight is 375 g/mol. The van der Waals surface area contributed by atoms with Crippen molar-refractivity contribution in [3.8, 4) is 0 Å². The van der Waals surface area contributed by atoms with Gasteiger partial charge in [-0.25, -0.2) is 0 Å². The monoisotopic (exact) mass is 375 g/mol. The van der Waals surface area contributed by atoms with Gasteiger partial charge in [0.15, 0.2) is 0 Å². The first-order valence-corrected chi connectivity index (χ1v) is 8.84. The number of benzene rings is 2. The Bertz CT molecular complexity index is 832. The van der Waals surface area contributed by atoms with Gasteiger partial charge in [-0.05, 0) is 61.1 Å². The minimum atomic E-state index is -1.27. The zero-order valence-corrected chi connectivity index (χ0v) is 16.0. The molecule has 0 aliphatic heterocycles. The second kappa shape index (κ2) is 8.35. The molecule has 0 aliphatic rings. The number of hydrogen-bond acceptors (Lipinski definition) is 6. The van der Waals surface area contributed by atoms with Gasteiger partial charge in [0, 0.05) is 0 Å². The topological polar surface area (TPSA) is 98.9 Å². The van der Waals surface area contributed by atoms with Crippen LogP contribution in [0.4, 0.5) is 0 Å². The molecular weight excluding hydrogens is 350 g/mol. The molecular formula is C20H25NO6. The molecule has 2 aromatic rings. The lowest BCUT2D eigenvalue weighted by Gasteiger charge is -2.32. The number of fused-ring (bicyclic) bond motifs is 1. The Morgan fingerprint density at radius 2 is 1.85 bits per heavy atom. The molecule has 0 aliphatic carbocycles. The maximum atomic E-state index is 12.6. The Morgan fingerprint density at radius 3 is 2.44 bits per heavy atom. The van der Waals surface area contributed by atoms with Gasteiger partial charge in [-0.1, -0.05) is 37.3 Å². The lowest BCUT2D eigenvalue weighted by molar-refractivity contribution is -0.777. The number of carbonyl (C=O) groups is 1. The van der Waals surface area contributed by atoms with Crippen LogP contribution in [-0.4, -0.2) is 22.5 Å². The van der Waals surface area contributed by atoms with Gasteiger partial charge in [-0.15, -0.1) is 10.1 Å². The Kier molecular flexibility index (Phi) is 6.38. The summed E-state index contributed by atoms with van der Waals surface area (Å²) in [7, 11) is 0. The second-order valence-electron chi connectivity index (χ2n) is 7.08. The normalized spacial score (nSPS) is 13.8. The number of esters is 1. The van der Waals surface area contributed by atoms with Gasteiger partial charge < -0.3 is 9.84 Å². The molecule has 0 spiro atoms. The first-order valence-electron chi connectivity index (χ1n) is 8.84. The molecule has 1 N–H and O–H groups in total. The third-order valence-corrected chi connectivity index (χ3v) is 4.83. The average Bonchev–Trinajstić information content (AvgIpc) is 2.60. The van der Waals surface area contributed by atoms with Gasteiger partial charge in [-0.2, -0.15) is 0 Å². The van der Waals surface area contributed by atoms with E-state index in [4.69, 9.17) is 4.74 Å². The quantitative estimate of drug-likeness (QED) is 0.325. The number of ether oxygens (including phenoxy) is 1. The van der Waals surface area contributed by atoms with Crippen LogP contribution in [0.3, 0.4) is 0 Å². The van der Waals surface area contributed by atoms with Gasteiger partial charge in [0.1, 0.15) is 0 Å². The van der Waals surface area contributed by atoms with E-state index in [9.17, 15) is 20.0 Å². The van der Waals surface area contributed by atoms with Gasteiger partial charge in [0.25, 0.3) is 5.09 Å². The second-order valence-corrected chi connectivity index (χ2v) is 7.08. The standard InChI is InChI=1S/C20H25NO6/c1-5-18(20(3,4)19(23)26-13(2)27-21(24)25)17-9-8-15-10-14(12-22)6-7-16(15)11-17/h6-11,13,18,22H,5,12H2,1-4H3. The number of carbonyl (C=O) groups excluding carboxylic acids is 1. The summed E-state index contributed by atoms with van der Waals surface area (Å²) in [5.41, 5.74) is 0.916. The van der Waals surface area contributed by atoms with Crippen molar-refractivity contribution in [3.63, 3.8) is 0 Å². The Balaban J connectivity index is 2.29. The van der Waals surface area contributed by atoms with Crippen LogP contribution in [-0.2, 0) is 21.0 Å². The molecule has 2 unspecified atom stereocenters. The van der Waals surface area contributed by atoms with Crippen LogP contribution >= 0.6 is 0 Å². The maximum absolute atomic E-state index is 12.6. The molecule has 0 radical (unpaired) electrons. The molecule has 27 heavy (non-hydrogen) atoms. The zero-order chi connectivity index (χ0) is 20.2. The first kappa shape index (κ1) is 20.6. The fraction of sp³-hybridized carbons (Fsp3) is 0.450. The van der Waals surface area contributed by atoms with E-state index in [1.54, 1.807) is 13.8 Å². The maximum Gasteiger partial charge on any atom is 0.314 e. The zero-order valence-electron chi connectivity index (χ0n) is 16.0. The van der Waals surface area contributed by atoms with Gasteiger partial charge >= 0.3 is 5.97 Å². The summed E-state index contributed by atoms with van der Waals surface area (Å²) in [4.78, 5) is 27.3. The number of hydrogen-bond donors (Lipinski definition) is 1. The molecule has 0 amide bonds. The minimum Gasteiger partial charge on any atom is -0.435 e. The largest absolute Gasteiger partial charge is 0.435 e. The van der Waals surface area contributed by atoms with E-state index < -0.39 is 22.8 Å². The summed E-state index contributed by atoms with van der Waals surface area (Å²) in [5.74, 6) is -0.700. The van der Waals surface area contributed by atoms with Gasteiger partial charge in [0.2, 0.25) is 6.29 Å². The van der Waals surface area contributed by atoms with E-state index >= 15 is 0 Å². The predicted octanol–water partition coefficient (Wildman–Crippen LogP) is 3.95. The number of aliphatic hydroxyl groups excluding tert-OH is 1. The van der Waals surface area contributed by atoms with Crippen LogP contribution in [0.5, 0.6) is 0 Å². The van der Waals surface area contributed by atoms with E-state index in [0.29, 0.717) is 6.42 Å². The molecule has 2 atom stereocenters. The summed E-state index contributed by atoms with van der Waals surface area (Å²) in [5, 5.41) is 20.7. The molecule has 2 aromatic carbocycles. The van der Waals surface area contributed by atoms with E-state index in [1.807, 2.05) is 43.3 Å². The van der Waals surface area contributed by atoms with Crippen molar-refractivity contribution >= 4 is 16.7 Å². The molecule has 0 saturated carbocycles. The van der Waals surface area contributed by atoms with E-state index in [2.05, 4.69) is 4.84 Å². The smallest absolute Gasteiger partial charge is 0.314 e. The summed E-state index contributed by atoms with van der Waals surface area (Å²) >= 11 is 0. The van der Waals surface area contributed by atoms with Gasteiger partial charge in [-0.3, -0.25) is 9.63 Å². The van der Waals surface area contributed by atoms with Crippen molar-refractivity contribution in [1.82, 2.24) is 0 Å². The molecule has 0 aromatic heterocycles. The number of nitrogens with zero attached hydrogens (tertiary/aromatic N) is 1. The molecule has 2 rings (SSSR count). The first-order chi connectivity index (χ1) is 12.7. The lowest BCUT2D eigenvalue weighted by atomic mass is 9.73. The highest BCUT2D eigenvalue weighted by atomic mass is 17.0. The molecule has 146 valence electrons. The third-order valence-electron chi connectivity index (χ3n) is 4.83. The highest BCUT2D eigenvalue weighted by Gasteiger charge is 2.39. The van der Waals surface area contributed by atoms with Crippen molar-refractivity contribution in [2.45, 2.75) is 52.9 Å². The Labute approximate surface area is 158 Å². The molecule has 0 fully saturated rings.